The van der Waals surface area contributed by atoms with Crippen LogP contribution >= 0.6 is 11.6 Å². The maximum atomic E-state index is 12.6. The number of hydrogen-bond donors (Lipinski definition) is 0. The molecule has 0 amide bonds. The molecule has 0 fully saturated rings. The van der Waals surface area contributed by atoms with Gasteiger partial charge in [0, 0.05) is 17.2 Å². The molecule has 2 heterocycles. The van der Waals surface area contributed by atoms with Crippen LogP contribution in [-0.4, -0.2) is 29.6 Å². The van der Waals surface area contributed by atoms with Gasteiger partial charge >= 0.3 is 0 Å². The van der Waals surface area contributed by atoms with E-state index in [1.165, 1.54) is 4.57 Å². The average Bonchev–Trinajstić information content (AvgIpc) is 3.20. The average molecular weight is 443 g/mol. The summed E-state index contributed by atoms with van der Waals surface area (Å²) in [7, 11) is 0. The van der Waals surface area contributed by atoms with Gasteiger partial charge in [-0.3, -0.25) is 29.6 Å². The smallest absolute Gasteiger partial charge is 0.277 e. The molecule has 0 atom stereocenters. The summed E-state index contributed by atoms with van der Waals surface area (Å²) in [6.07, 6.45) is 0. The largest absolute Gasteiger partial charge is 0.419 e. The predicted molar refractivity (Wildman–Crippen MR) is 108 cm³/mol. The van der Waals surface area contributed by atoms with Crippen molar-refractivity contribution >= 4 is 34.0 Å². The van der Waals surface area contributed by atoms with Crippen molar-refractivity contribution in [1.29, 1.82) is 0 Å². The number of nitrogens with zero attached hydrogens (tertiary/aromatic N) is 6. The fourth-order valence-electron chi connectivity index (χ4n) is 3.00. The zero-order valence-corrected chi connectivity index (χ0v) is 16.4. The number of non-ortho nitro benzene ring substituents is 2. The van der Waals surface area contributed by atoms with Crippen LogP contribution in [0.25, 0.3) is 22.5 Å². The van der Waals surface area contributed by atoms with Gasteiger partial charge in [-0.1, -0.05) is 11.6 Å². The Labute approximate surface area is 177 Å². The number of nitro groups is 2. The maximum absolute atomic E-state index is 12.6. The van der Waals surface area contributed by atoms with Gasteiger partial charge in [-0.05, 0) is 25.1 Å². The van der Waals surface area contributed by atoms with Gasteiger partial charge in [0.2, 0.25) is 11.8 Å². The van der Waals surface area contributed by atoms with Crippen LogP contribution < -0.4 is 5.56 Å². The minimum atomic E-state index is -0.761. The first-order chi connectivity index (χ1) is 14.7. The molecular formula is C18H11ClN6O6. The highest BCUT2D eigenvalue weighted by atomic mass is 35.5. The van der Waals surface area contributed by atoms with E-state index in [9.17, 15) is 25.0 Å². The van der Waals surface area contributed by atoms with E-state index < -0.39 is 21.2 Å². The molecule has 0 saturated carbocycles. The first kappa shape index (κ1) is 20.1. The van der Waals surface area contributed by atoms with Gasteiger partial charge < -0.3 is 4.42 Å². The fraction of sp³-hybridized carbons (Fsp3) is 0.111. The second-order valence-corrected chi connectivity index (χ2v) is 6.91. The summed E-state index contributed by atoms with van der Waals surface area (Å²) < 4.78 is 6.89. The van der Waals surface area contributed by atoms with Crippen molar-refractivity contribution in [1.82, 2.24) is 19.7 Å². The van der Waals surface area contributed by atoms with E-state index in [0.717, 1.165) is 18.2 Å². The van der Waals surface area contributed by atoms with Gasteiger partial charge in [0.05, 0.1) is 32.5 Å². The fourth-order valence-corrected chi connectivity index (χ4v) is 3.16. The summed E-state index contributed by atoms with van der Waals surface area (Å²) in [6.45, 7) is 1.44. The third-order valence-corrected chi connectivity index (χ3v) is 4.64. The quantitative estimate of drug-likeness (QED) is 0.333. The van der Waals surface area contributed by atoms with Crippen LogP contribution in [0.2, 0.25) is 5.02 Å². The number of nitro benzene ring substituents is 2. The van der Waals surface area contributed by atoms with E-state index in [1.807, 2.05) is 0 Å². The van der Waals surface area contributed by atoms with Crippen molar-refractivity contribution in [2.45, 2.75) is 13.5 Å². The minimum absolute atomic E-state index is 0.00538. The lowest BCUT2D eigenvalue weighted by Gasteiger charge is -2.09. The van der Waals surface area contributed by atoms with E-state index in [4.69, 9.17) is 16.0 Å². The van der Waals surface area contributed by atoms with Crippen LogP contribution in [-0.2, 0) is 6.54 Å². The SMILES string of the molecule is Cc1nc2ccc(Cl)cc2n(Cc2nnc(-c3cc([N+](=O)[O-])cc([N+](=O)[O-])c3)o2)c1=O. The molecule has 4 rings (SSSR count). The molecule has 2 aromatic carbocycles. The molecule has 0 radical (unpaired) electrons. The predicted octanol–water partition coefficient (Wildman–Crippen LogP) is 3.27. The number of halogens is 1. The summed E-state index contributed by atoms with van der Waals surface area (Å²) >= 11 is 6.05. The Morgan fingerprint density at radius 1 is 1.06 bits per heavy atom. The second kappa shape index (κ2) is 7.57. The molecule has 31 heavy (non-hydrogen) atoms. The van der Waals surface area contributed by atoms with Crippen molar-refractivity contribution in [2.75, 3.05) is 0 Å². The summed E-state index contributed by atoms with van der Waals surface area (Å²) in [5.41, 5.74) is -0.129. The Bertz CT molecular complexity index is 1400. The van der Waals surface area contributed by atoms with E-state index in [0.29, 0.717) is 16.1 Å². The van der Waals surface area contributed by atoms with Crippen LogP contribution in [0.15, 0.2) is 45.6 Å². The van der Waals surface area contributed by atoms with Gasteiger partial charge in [0.15, 0.2) is 0 Å². The Kier molecular flexibility index (Phi) is 4.91. The van der Waals surface area contributed by atoms with Gasteiger partial charge in [0.25, 0.3) is 16.9 Å². The standard InChI is InChI=1S/C18H11ClN6O6/c1-9-18(26)23(15-6-11(19)2-3-14(15)20-9)8-16-21-22-17(31-16)10-4-12(24(27)28)7-13(5-10)25(29)30/h2-7H,8H2,1H3. The lowest BCUT2D eigenvalue weighted by atomic mass is 10.2. The van der Waals surface area contributed by atoms with Gasteiger partial charge in [-0.15, -0.1) is 10.2 Å². The zero-order chi connectivity index (χ0) is 22.3. The normalized spacial score (nSPS) is 11.0. The number of aromatic nitrogens is 4. The number of hydrogen-bond acceptors (Lipinski definition) is 9. The minimum Gasteiger partial charge on any atom is -0.419 e. The molecule has 0 N–H and O–H groups in total. The van der Waals surface area contributed by atoms with Crippen LogP contribution in [0.5, 0.6) is 0 Å². The maximum Gasteiger partial charge on any atom is 0.277 e. The summed E-state index contributed by atoms with van der Waals surface area (Å²) in [5, 5.41) is 30.3. The second-order valence-electron chi connectivity index (χ2n) is 6.47. The van der Waals surface area contributed by atoms with Crippen molar-refractivity contribution in [3.05, 3.63) is 83.6 Å². The van der Waals surface area contributed by atoms with E-state index in [2.05, 4.69) is 15.2 Å². The molecule has 156 valence electrons. The lowest BCUT2D eigenvalue weighted by molar-refractivity contribution is -0.394. The van der Waals surface area contributed by atoms with Gasteiger partial charge in [-0.25, -0.2) is 4.98 Å². The number of aryl methyl sites for hydroxylation is 1. The number of rotatable bonds is 5. The molecule has 0 aliphatic rings. The topological polar surface area (TPSA) is 160 Å². The molecule has 0 unspecified atom stereocenters. The third kappa shape index (κ3) is 3.83. The van der Waals surface area contributed by atoms with E-state index in [1.54, 1.807) is 25.1 Å². The zero-order valence-electron chi connectivity index (χ0n) is 15.7. The van der Waals surface area contributed by atoms with Crippen molar-refractivity contribution < 1.29 is 14.3 Å². The Hall–Kier alpha value is -4.19. The Balaban J connectivity index is 1.77. The molecule has 13 heteroatoms. The van der Waals surface area contributed by atoms with Crippen LogP contribution in [0.4, 0.5) is 11.4 Å². The first-order valence-corrected chi connectivity index (χ1v) is 9.04. The van der Waals surface area contributed by atoms with Crippen LogP contribution in [0, 0.1) is 27.2 Å². The van der Waals surface area contributed by atoms with Gasteiger partial charge in [-0.2, -0.15) is 0 Å². The number of fused-ring (bicyclic) bond motifs is 1. The molecule has 4 aromatic rings. The molecule has 0 bridgehead atoms. The van der Waals surface area contributed by atoms with Crippen molar-refractivity contribution in [3.8, 4) is 11.5 Å². The number of benzene rings is 2. The third-order valence-electron chi connectivity index (χ3n) is 4.40. The van der Waals surface area contributed by atoms with E-state index >= 15 is 0 Å². The lowest BCUT2D eigenvalue weighted by Crippen LogP contribution is -2.24. The van der Waals surface area contributed by atoms with Crippen molar-refractivity contribution in [3.63, 3.8) is 0 Å². The van der Waals surface area contributed by atoms with Crippen LogP contribution in [0.3, 0.4) is 0 Å². The van der Waals surface area contributed by atoms with Gasteiger partial charge in [0.1, 0.15) is 12.2 Å². The highest BCUT2D eigenvalue weighted by Gasteiger charge is 2.21. The highest BCUT2D eigenvalue weighted by Crippen LogP contribution is 2.29. The molecule has 0 spiro atoms. The first-order valence-electron chi connectivity index (χ1n) is 8.66. The van der Waals surface area contributed by atoms with E-state index in [-0.39, 0.29) is 35.1 Å². The molecule has 12 nitrogen and oxygen atoms in total. The van der Waals surface area contributed by atoms with Crippen LogP contribution in [0.1, 0.15) is 11.6 Å². The Morgan fingerprint density at radius 3 is 2.39 bits per heavy atom. The Morgan fingerprint density at radius 2 is 1.74 bits per heavy atom. The summed E-state index contributed by atoms with van der Waals surface area (Å²) in [6, 6.07) is 7.89. The highest BCUT2D eigenvalue weighted by molar-refractivity contribution is 6.31. The summed E-state index contributed by atoms with van der Waals surface area (Å²) in [4.78, 5) is 37.5. The van der Waals surface area contributed by atoms with Crippen molar-refractivity contribution in [2.24, 2.45) is 0 Å². The monoisotopic (exact) mass is 442 g/mol. The molecule has 0 aliphatic carbocycles. The molecular weight excluding hydrogens is 432 g/mol. The molecule has 2 aromatic heterocycles. The molecule has 0 saturated heterocycles. The summed E-state index contributed by atoms with van der Waals surface area (Å²) in [5.74, 6) is -0.152. The molecule has 0 aliphatic heterocycles.